The first-order valence-corrected chi connectivity index (χ1v) is 9.80. The molecule has 5 nitrogen and oxygen atoms in total. The van der Waals surface area contributed by atoms with E-state index < -0.39 is 0 Å². The van der Waals surface area contributed by atoms with Crippen LogP contribution in [0.5, 0.6) is 5.75 Å². The number of nitrogens with one attached hydrogen (secondary N) is 1. The Hall–Kier alpha value is -1.27. The van der Waals surface area contributed by atoms with Crippen molar-refractivity contribution in [3.8, 4) is 5.75 Å². The van der Waals surface area contributed by atoms with E-state index >= 15 is 0 Å². The van der Waals surface area contributed by atoms with E-state index in [0.717, 1.165) is 41.9 Å². The number of rotatable bonds is 7. The van der Waals surface area contributed by atoms with E-state index in [-0.39, 0.29) is 6.10 Å². The molecule has 140 valence electrons. The predicted molar refractivity (Wildman–Crippen MR) is 106 cm³/mol. The lowest BCUT2D eigenvalue weighted by molar-refractivity contribution is 0.0625. The van der Waals surface area contributed by atoms with Crippen LogP contribution >= 0.6 is 15.9 Å². The average Bonchev–Trinajstić information content (AvgIpc) is 2.63. The van der Waals surface area contributed by atoms with Gasteiger partial charge in [-0.05, 0) is 60.2 Å². The summed E-state index contributed by atoms with van der Waals surface area (Å²) < 4.78 is 12.4. The molecule has 0 saturated carbocycles. The summed E-state index contributed by atoms with van der Waals surface area (Å²) in [5.74, 6) is 2.54. The third-order valence-electron chi connectivity index (χ3n) is 4.50. The Morgan fingerprint density at radius 3 is 2.80 bits per heavy atom. The largest absolute Gasteiger partial charge is 0.488 e. The van der Waals surface area contributed by atoms with Crippen molar-refractivity contribution >= 4 is 21.9 Å². The maximum absolute atomic E-state index is 5.98. The van der Waals surface area contributed by atoms with Crippen LogP contribution < -0.4 is 10.1 Å². The minimum Gasteiger partial charge on any atom is -0.488 e. The van der Waals surface area contributed by atoms with Gasteiger partial charge >= 0.3 is 0 Å². The van der Waals surface area contributed by atoms with Gasteiger partial charge in [0.2, 0.25) is 0 Å². The van der Waals surface area contributed by atoms with Crippen LogP contribution in [0.4, 0.5) is 0 Å². The molecule has 0 spiro atoms. The van der Waals surface area contributed by atoms with Gasteiger partial charge in [-0.2, -0.15) is 0 Å². The number of hydrogen-bond acceptors (Lipinski definition) is 3. The molecule has 0 aromatic heterocycles. The van der Waals surface area contributed by atoms with Crippen molar-refractivity contribution in [1.82, 2.24) is 10.2 Å². The molecular weight excluding hydrogens is 382 g/mol. The van der Waals surface area contributed by atoms with Crippen molar-refractivity contribution in [2.45, 2.75) is 32.3 Å². The number of aliphatic imine (C=N–C) groups is 1. The van der Waals surface area contributed by atoms with Crippen molar-refractivity contribution in [3.63, 3.8) is 0 Å². The fourth-order valence-corrected chi connectivity index (χ4v) is 3.31. The molecule has 1 atom stereocenters. The van der Waals surface area contributed by atoms with Gasteiger partial charge in [0.25, 0.3) is 0 Å². The highest BCUT2D eigenvalue weighted by Gasteiger charge is 2.16. The first-order chi connectivity index (χ1) is 12.1. The van der Waals surface area contributed by atoms with E-state index in [4.69, 9.17) is 9.47 Å². The topological polar surface area (TPSA) is 46.1 Å². The number of para-hydroxylation sites is 1. The zero-order chi connectivity index (χ0) is 18.1. The molecule has 1 fully saturated rings. The van der Waals surface area contributed by atoms with Crippen LogP contribution in [0.1, 0.15) is 26.2 Å². The monoisotopic (exact) mass is 411 g/mol. The van der Waals surface area contributed by atoms with Crippen molar-refractivity contribution in [2.24, 2.45) is 10.9 Å². The molecule has 0 radical (unpaired) electrons. The van der Waals surface area contributed by atoms with E-state index in [9.17, 15) is 0 Å². The standard InChI is InChI=1S/C19H30BrN3O2/c1-15(25-18-7-5-4-6-17(18)20)14-22-19(21-2)23(3)11-8-16-9-12-24-13-10-16/h4-7,15-16H,8-14H2,1-3H3,(H,21,22). The molecule has 1 saturated heterocycles. The van der Waals surface area contributed by atoms with E-state index in [1.807, 2.05) is 31.3 Å². The zero-order valence-electron chi connectivity index (χ0n) is 15.5. The number of hydrogen-bond donors (Lipinski definition) is 1. The molecule has 1 aromatic rings. The summed E-state index contributed by atoms with van der Waals surface area (Å²) in [5.41, 5.74) is 0. The second kappa shape index (κ2) is 10.7. The molecule has 6 heteroatoms. The molecule has 25 heavy (non-hydrogen) atoms. The maximum Gasteiger partial charge on any atom is 0.193 e. The van der Waals surface area contributed by atoms with Gasteiger partial charge in [0.1, 0.15) is 11.9 Å². The number of nitrogens with zero attached hydrogens (tertiary/aromatic N) is 2. The number of benzene rings is 1. The molecule has 2 rings (SSSR count). The Morgan fingerprint density at radius 2 is 2.12 bits per heavy atom. The second-order valence-electron chi connectivity index (χ2n) is 6.55. The molecule has 1 unspecified atom stereocenters. The minimum atomic E-state index is 0.0411. The predicted octanol–water partition coefficient (Wildman–Crippen LogP) is 3.54. The number of guanidine groups is 1. The van der Waals surface area contributed by atoms with Gasteiger partial charge in [-0.1, -0.05) is 12.1 Å². The highest BCUT2D eigenvalue weighted by atomic mass is 79.9. The van der Waals surface area contributed by atoms with Crippen LogP contribution in [0.3, 0.4) is 0 Å². The highest BCUT2D eigenvalue weighted by molar-refractivity contribution is 9.10. The molecule has 1 aromatic carbocycles. The lowest BCUT2D eigenvalue weighted by Gasteiger charge is -2.27. The lowest BCUT2D eigenvalue weighted by Crippen LogP contribution is -2.43. The summed E-state index contributed by atoms with van der Waals surface area (Å²) in [6, 6.07) is 7.91. The summed E-state index contributed by atoms with van der Waals surface area (Å²) >= 11 is 3.51. The lowest BCUT2D eigenvalue weighted by atomic mass is 9.96. The molecule has 0 amide bonds. The van der Waals surface area contributed by atoms with Gasteiger partial charge in [0, 0.05) is 33.9 Å². The van der Waals surface area contributed by atoms with Gasteiger partial charge in [-0.25, -0.2) is 0 Å². The fraction of sp³-hybridized carbons (Fsp3) is 0.632. The van der Waals surface area contributed by atoms with Gasteiger partial charge in [-0.15, -0.1) is 0 Å². The Balaban J connectivity index is 1.73. The van der Waals surface area contributed by atoms with Gasteiger partial charge in [0.05, 0.1) is 11.0 Å². The molecule has 1 N–H and O–H groups in total. The second-order valence-corrected chi connectivity index (χ2v) is 7.41. The Morgan fingerprint density at radius 1 is 1.40 bits per heavy atom. The van der Waals surface area contributed by atoms with Crippen LogP contribution in [0.25, 0.3) is 0 Å². The van der Waals surface area contributed by atoms with Crippen LogP contribution in [0, 0.1) is 5.92 Å². The summed E-state index contributed by atoms with van der Waals surface area (Å²) in [5, 5.41) is 3.41. The molecule has 0 bridgehead atoms. The van der Waals surface area contributed by atoms with Crippen LogP contribution in [0.15, 0.2) is 33.7 Å². The van der Waals surface area contributed by atoms with Crippen LogP contribution in [0.2, 0.25) is 0 Å². The SMILES string of the molecule is CN=C(NCC(C)Oc1ccccc1Br)N(C)CCC1CCOCC1. The van der Waals surface area contributed by atoms with Crippen molar-refractivity contribution < 1.29 is 9.47 Å². The molecule has 1 aliphatic rings. The highest BCUT2D eigenvalue weighted by Crippen LogP contribution is 2.24. The fourth-order valence-electron chi connectivity index (χ4n) is 2.94. The average molecular weight is 412 g/mol. The summed E-state index contributed by atoms with van der Waals surface area (Å²) in [7, 11) is 3.92. The Labute approximate surface area is 159 Å². The van der Waals surface area contributed by atoms with E-state index in [1.165, 1.54) is 19.3 Å². The zero-order valence-corrected chi connectivity index (χ0v) is 17.1. The summed E-state index contributed by atoms with van der Waals surface area (Å²) in [6.45, 7) is 5.58. The summed E-state index contributed by atoms with van der Waals surface area (Å²) in [6.07, 6.45) is 3.58. The molecular formula is C19H30BrN3O2. The third-order valence-corrected chi connectivity index (χ3v) is 5.15. The van der Waals surface area contributed by atoms with E-state index in [2.05, 4.69) is 45.1 Å². The van der Waals surface area contributed by atoms with E-state index in [0.29, 0.717) is 6.54 Å². The number of halogens is 1. The van der Waals surface area contributed by atoms with Gasteiger partial charge < -0.3 is 19.7 Å². The normalized spacial score (nSPS) is 17.2. The molecule has 0 aliphatic carbocycles. The first-order valence-electron chi connectivity index (χ1n) is 9.01. The maximum atomic E-state index is 5.98. The Bertz CT molecular complexity index is 547. The van der Waals surface area contributed by atoms with Crippen molar-refractivity contribution in [2.75, 3.05) is 40.4 Å². The van der Waals surface area contributed by atoms with Gasteiger partial charge in [0.15, 0.2) is 5.96 Å². The molecule has 1 aliphatic heterocycles. The molecule has 1 heterocycles. The Kier molecular flexibility index (Phi) is 8.55. The summed E-state index contributed by atoms with van der Waals surface area (Å²) in [4.78, 5) is 6.59. The van der Waals surface area contributed by atoms with E-state index in [1.54, 1.807) is 0 Å². The third kappa shape index (κ3) is 6.86. The number of ether oxygens (including phenoxy) is 2. The smallest absolute Gasteiger partial charge is 0.193 e. The van der Waals surface area contributed by atoms with Crippen molar-refractivity contribution in [1.29, 1.82) is 0 Å². The van der Waals surface area contributed by atoms with Crippen LogP contribution in [-0.2, 0) is 4.74 Å². The van der Waals surface area contributed by atoms with Crippen LogP contribution in [-0.4, -0.2) is 57.4 Å². The quantitative estimate of drug-likeness (QED) is 0.550. The van der Waals surface area contributed by atoms with Gasteiger partial charge in [-0.3, -0.25) is 4.99 Å². The van der Waals surface area contributed by atoms with Crippen molar-refractivity contribution in [3.05, 3.63) is 28.7 Å². The minimum absolute atomic E-state index is 0.0411. The first kappa shape index (κ1) is 20.0.